The molecule has 0 unspecified atom stereocenters. The number of hydrogen-bond donors (Lipinski definition) is 0. The van der Waals surface area contributed by atoms with E-state index in [9.17, 15) is 9.59 Å². The van der Waals surface area contributed by atoms with Gasteiger partial charge in [-0.25, -0.2) is 4.79 Å². The van der Waals surface area contributed by atoms with E-state index >= 15 is 0 Å². The lowest BCUT2D eigenvalue weighted by molar-refractivity contribution is -0.142. The molecule has 0 bridgehead atoms. The summed E-state index contributed by atoms with van der Waals surface area (Å²) in [6, 6.07) is 10.2. The Balaban J connectivity index is 1.74. The van der Waals surface area contributed by atoms with Crippen LogP contribution in [0, 0.1) is 6.92 Å². The zero-order valence-electron chi connectivity index (χ0n) is 15.4. The number of methoxy groups -OCH3 is 1. The number of carbonyl (C=O) groups is 1. The lowest BCUT2D eigenvalue weighted by atomic mass is 10.0. The normalized spacial score (nSPS) is 12.6. The molecule has 1 aromatic heterocycles. The van der Waals surface area contributed by atoms with Crippen LogP contribution in [-0.4, -0.2) is 32.9 Å². The van der Waals surface area contributed by atoms with Crippen LogP contribution in [0.15, 0.2) is 45.6 Å². The number of esters is 1. The van der Waals surface area contributed by atoms with Gasteiger partial charge in [-0.1, -0.05) is 6.07 Å². The Morgan fingerprint density at radius 2 is 1.86 bits per heavy atom. The maximum Gasteiger partial charge on any atom is 0.343 e. The average molecular weight is 382 g/mol. The number of ether oxygens (including phenoxy) is 4. The van der Waals surface area contributed by atoms with Crippen molar-refractivity contribution in [1.82, 2.24) is 0 Å². The third-order valence-corrected chi connectivity index (χ3v) is 4.46. The third-order valence-electron chi connectivity index (χ3n) is 4.46. The molecule has 2 aromatic carbocycles. The minimum Gasteiger partial charge on any atom is -0.486 e. The molecule has 1 aliphatic heterocycles. The van der Waals surface area contributed by atoms with E-state index in [1.54, 1.807) is 37.3 Å². The van der Waals surface area contributed by atoms with E-state index in [-0.39, 0.29) is 12.0 Å². The number of hydrogen-bond acceptors (Lipinski definition) is 7. The van der Waals surface area contributed by atoms with Crippen LogP contribution in [-0.2, 0) is 9.53 Å². The summed E-state index contributed by atoms with van der Waals surface area (Å²) in [5, 5.41) is 0.418. The molecule has 0 spiro atoms. The molecule has 0 saturated carbocycles. The molecule has 0 fully saturated rings. The first-order valence-corrected chi connectivity index (χ1v) is 8.74. The van der Waals surface area contributed by atoms with Gasteiger partial charge in [0.2, 0.25) is 5.43 Å². The number of carbonyl (C=O) groups excluding carboxylic acids is 1. The Bertz CT molecular complexity index is 1110. The molecule has 0 amide bonds. The van der Waals surface area contributed by atoms with Crippen molar-refractivity contribution in [3.8, 4) is 28.4 Å². The highest BCUT2D eigenvalue weighted by atomic mass is 16.6. The molecule has 3 aromatic rings. The minimum absolute atomic E-state index is 0.157. The first-order valence-electron chi connectivity index (χ1n) is 8.74. The SMILES string of the molecule is COC(=O)COc1ccc2c(=O)c(-c3ccc4c(c3)OCCO4)c(C)oc2c1. The summed E-state index contributed by atoms with van der Waals surface area (Å²) >= 11 is 0. The lowest BCUT2D eigenvalue weighted by Crippen LogP contribution is -2.15. The molecule has 28 heavy (non-hydrogen) atoms. The quantitative estimate of drug-likeness (QED) is 0.641. The van der Waals surface area contributed by atoms with Gasteiger partial charge in [0.1, 0.15) is 30.3 Å². The number of benzene rings is 2. The van der Waals surface area contributed by atoms with Crippen molar-refractivity contribution in [3.63, 3.8) is 0 Å². The largest absolute Gasteiger partial charge is 0.486 e. The van der Waals surface area contributed by atoms with E-state index in [0.717, 1.165) is 0 Å². The fourth-order valence-corrected chi connectivity index (χ4v) is 3.11. The van der Waals surface area contributed by atoms with E-state index in [4.69, 9.17) is 18.6 Å². The number of fused-ring (bicyclic) bond motifs is 2. The van der Waals surface area contributed by atoms with E-state index < -0.39 is 5.97 Å². The van der Waals surface area contributed by atoms with Crippen molar-refractivity contribution >= 4 is 16.9 Å². The van der Waals surface area contributed by atoms with Gasteiger partial charge in [-0.15, -0.1) is 0 Å². The zero-order valence-corrected chi connectivity index (χ0v) is 15.4. The minimum atomic E-state index is -0.494. The predicted molar refractivity (Wildman–Crippen MR) is 101 cm³/mol. The van der Waals surface area contributed by atoms with Crippen molar-refractivity contribution in [1.29, 1.82) is 0 Å². The first kappa shape index (κ1) is 17.9. The standard InChI is InChI=1S/C21H18O7/c1-12-20(13-3-6-16-18(9-13)26-8-7-25-16)21(23)15-5-4-14(10-17(15)28-12)27-11-19(22)24-2/h3-6,9-10H,7-8,11H2,1-2H3. The lowest BCUT2D eigenvalue weighted by Gasteiger charge is -2.19. The summed E-state index contributed by atoms with van der Waals surface area (Å²) in [7, 11) is 1.29. The molecular weight excluding hydrogens is 364 g/mol. The highest BCUT2D eigenvalue weighted by Crippen LogP contribution is 2.35. The molecule has 4 rings (SSSR count). The van der Waals surface area contributed by atoms with Crippen molar-refractivity contribution in [2.24, 2.45) is 0 Å². The number of rotatable bonds is 4. The maximum absolute atomic E-state index is 13.1. The second-order valence-corrected chi connectivity index (χ2v) is 6.24. The van der Waals surface area contributed by atoms with E-state index in [1.807, 2.05) is 6.07 Å². The molecule has 0 saturated heterocycles. The Morgan fingerprint density at radius 1 is 1.07 bits per heavy atom. The summed E-state index contributed by atoms with van der Waals surface area (Å²) in [6.45, 7) is 2.48. The molecule has 1 aliphatic rings. The third kappa shape index (κ3) is 3.26. The van der Waals surface area contributed by atoms with Crippen LogP contribution in [0.3, 0.4) is 0 Å². The second-order valence-electron chi connectivity index (χ2n) is 6.24. The van der Waals surface area contributed by atoms with Crippen molar-refractivity contribution < 1.29 is 28.2 Å². The highest BCUT2D eigenvalue weighted by Gasteiger charge is 2.18. The molecule has 0 atom stereocenters. The topological polar surface area (TPSA) is 84.2 Å². The Kier molecular flexibility index (Phi) is 4.65. The summed E-state index contributed by atoms with van der Waals surface area (Å²) in [4.78, 5) is 24.3. The molecule has 0 aliphatic carbocycles. The molecule has 0 radical (unpaired) electrons. The highest BCUT2D eigenvalue weighted by molar-refractivity contribution is 5.84. The van der Waals surface area contributed by atoms with Gasteiger partial charge in [0.05, 0.1) is 18.1 Å². The molecule has 7 nitrogen and oxygen atoms in total. The van der Waals surface area contributed by atoms with E-state index in [2.05, 4.69) is 4.74 Å². The Labute approximate surface area is 160 Å². The summed E-state index contributed by atoms with van der Waals surface area (Å²) < 4.78 is 26.9. The molecule has 2 heterocycles. The first-order chi connectivity index (χ1) is 13.6. The van der Waals surface area contributed by atoms with Crippen LogP contribution >= 0.6 is 0 Å². The summed E-state index contributed by atoms with van der Waals surface area (Å²) in [5.41, 5.74) is 1.39. The van der Waals surface area contributed by atoms with Gasteiger partial charge in [-0.2, -0.15) is 0 Å². The fraction of sp³-hybridized carbons (Fsp3) is 0.238. The van der Waals surface area contributed by atoms with Crippen LogP contribution in [0.4, 0.5) is 0 Å². The van der Waals surface area contributed by atoms with E-state index in [1.165, 1.54) is 7.11 Å². The monoisotopic (exact) mass is 382 g/mol. The van der Waals surface area contributed by atoms with Gasteiger partial charge >= 0.3 is 5.97 Å². The van der Waals surface area contributed by atoms with Crippen LogP contribution < -0.4 is 19.6 Å². The Hall–Kier alpha value is -3.48. The smallest absolute Gasteiger partial charge is 0.343 e. The van der Waals surface area contributed by atoms with Crippen molar-refractivity contribution in [2.75, 3.05) is 26.9 Å². The van der Waals surface area contributed by atoms with Gasteiger partial charge in [-0.3, -0.25) is 4.79 Å². The van der Waals surface area contributed by atoms with E-state index in [0.29, 0.717) is 58.3 Å². The second kappa shape index (κ2) is 7.26. The van der Waals surface area contributed by atoms with Crippen LogP contribution in [0.2, 0.25) is 0 Å². The van der Waals surface area contributed by atoms with Crippen molar-refractivity contribution in [3.05, 3.63) is 52.4 Å². The number of aryl methyl sites for hydroxylation is 1. The van der Waals surface area contributed by atoms with Gasteiger partial charge in [0.25, 0.3) is 0 Å². The van der Waals surface area contributed by atoms with Crippen LogP contribution in [0.25, 0.3) is 22.1 Å². The molecule has 144 valence electrons. The van der Waals surface area contributed by atoms with Crippen LogP contribution in [0.5, 0.6) is 17.2 Å². The van der Waals surface area contributed by atoms with Gasteiger partial charge < -0.3 is 23.4 Å². The zero-order chi connectivity index (χ0) is 19.7. The molecule has 7 heteroatoms. The predicted octanol–water partition coefficient (Wildman–Crippen LogP) is 3.09. The van der Waals surface area contributed by atoms with Crippen molar-refractivity contribution in [2.45, 2.75) is 6.92 Å². The summed E-state index contributed by atoms with van der Waals surface area (Å²) in [5.74, 6) is 1.65. The summed E-state index contributed by atoms with van der Waals surface area (Å²) in [6.07, 6.45) is 0. The van der Waals surface area contributed by atoms with Gasteiger partial charge in [0.15, 0.2) is 18.1 Å². The maximum atomic E-state index is 13.1. The average Bonchev–Trinajstić information content (AvgIpc) is 2.71. The van der Waals surface area contributed by atoms with Gasteiger partial charge in [-0.05, 0) is 36.8 Å². The Morgan fingerprint density at radius 3 is 2.64 bits per heavy atom. The van der Waals surface area contributed by atoms with Crippen LogP contribution in [0.1, 0.15) is 5.76 Å². The van der Waals surface area contributed by atoms with Gasteiger partial charge in [0, 0.05) is 6.07 Å². The fourth-order valence-electron chi connectivity index (χ4n) is 3.11. The molecule has 0 N–H and O–H groups in total. The molecular formula is C21H18O7.